The Hall–Kier alpha value is -8.64. The van der Waals surface area contributed by atoms with Crippen molar-refractivity contribution in [2.45, 2.75) is 199 Å². The lowest BCUT2D eigenvalue weighted by Gasteiger charge is -2.42. The van der Waals surface area contributed by atoms with Crippen molar-refractivity contribution in [2.24, 2.45) is 35.3 Å². The number of ketones is 3. The molecule has 0 radical (unpaired) electrons. The van der Waals surface area contributed by atoms with Crippen molar-refractivity contribution in [3.05, 3.63) is 72.1 Å². The first kappa shape index (κ1) is 99.8. The molecule has 6 heterocycles. The topological polar surface area (TPSA) is 504 Å². The summed E-state index contributed by atoms with van der Waals surface area (Å²) in [5.41, 5.74) is 22.9. The van der Waals surface area contributed by atoms with Crippen molar-refractivity contribution in [2.75, 3.05) is 158 Å². The zero-order chi connectivity index (χ0) is 88.8. The van der Waals surface area contributed by atoms with Gasteiger partial charge in [-0.25, -0.2) is 24.2 Å². The number of aliphatic hydroxyl groups is 3. The summed E-state index contributed by atoms with van der Waals surface area (Å²) in [4.78, 5) is 123. The summed E-state index contributed by atoms with van der Waals surface area (Å²) in [6, 6.07) is 3.17. The first-order valence-corrected chi connectivity index (χ1v) is 42.8. The Bertz CT molecular complexity index is 4140. The molecule has 15 atom stereocenters. The lowest BCUT2D eigenvalue weighted by molar-refractivity contribution is -0.265. The third kappa shape index (κ3) is 31.8. The number of hydrogen-bond acceptors (Lipinski definition) is 32. The summed E-state index contributed by atoms with van der Waals surface area (Å²) in [6.07, 6.45) is 8.34. The molecule has 3 fully saturated rings. The van der Waals surface area contributed by atoms with E-state index in [0.29, 0.717) is 172 Å². The molecule has 4 amide bonds. The predicted octanol–water partition coefficient (Wildman–Crippen LogP) is 4.91. The van der Waals surface area contributed by atoms with Gasteiger partial charge in [0, 0.05) is 95.4 Å². The quantitative estimate of drug-likeness (QED) is 0.0124. The van der Waals surface area contributed by atoms with Gasteiger partial charge < -0.3 is 119 Å². The number of nitrogens with two attached hydrogens (primary N) is 3. The molecule has 8 rings (SSSR count). The molecule has 2 saturated heterocycles. The number of methoxy groups -OCH3 is 2. The highest BCUT2D eigenvalue weighted by Gasteiger charge is 2.53. The number of rotatable bonds is 40. The second kappa shape index (κ2) is 52.3. The number of esters is 1. The Kier molecular flexibility index (Phi) is 42.5. The van der Waals surface area contributed by atoms with Gasteiger partial charge in [-0.05, 0) is 119 Å². The van der Waals surface area contributed by atoms with Crippen LogP contribution in [0.2, 0.25) is 0 Å². The van der Waals surface area contributed by atoms with Crippen LogP contribution in [0.1, 0.15) is 131 Å². The molecule has 1 saturated carbocycles. The minimum atomic E-state index is -2.51. The lowest BCUT2D eigenvalue weighted by Crippen LogP contribution is -2.61. The van der Waals surface area contributed by atoms with Gasteiger partial charge in [-0.2, -0.15) is 10.1 Å². The van der Waals surface area contributed by atoms with Crippen LogP contribution >= 0.6 is 0 Å². The van der Waals surface area contributed by atoms with Gasteiger partial charge in [0.1, 0.15) is 59.6 Å². The lowest BCUT2D eigenvalue weighted by atomic mass is 9.80. The van der Waals surface area contributed by atoms with E-state index in [2.05, 4.69) is 30.9 Å². The number of carbonyl (C=O) groups excluding carboxylic acids is 8. The number of alkyl carbamates (subject to hydrolysis) is 1. The smallest absolute Gasteiger partial charge is 0.407 e. The van der Waals surface area contributed by atoms with Crippen molar-refractivity contribution < 1.29 is 120 Å². The Morgan fingerprint density at radius 3 is 1.95 bits per heavy atom. The normalized spacial score (nSPS) is 26.2. The molecule has 37 heteroatoms. The van der Waals surface area contributed by atoms with E-state index in [0.717, 1.165) is 16.0 Å². The molecule has 2 bridgehead atoms. The van der Waals surface area contributed by atoms with Crippen LogP contribution in [0, 0.1) is 29.6 Å². The highest BCUT2D eigenvalue weighted by molar-refractivity contribution is 6.39. The summed E-state index contributed by atoms with van der Waals surface area (Å²) in [5, 5.41) is 48.2. The number of fused-ring (bicyclic) bond motifs is 5. The van der Waals surface area contributed by atoms with E-state index in [1.165, 1.54) is 26.4 Å². The Balaban J connectivity index is 0.641. The first-order chi connectivity index (χ1) is 59.2. The van der Waals surface area contributed by atoms with Gasteiger partial charge in [0.15, 0.2) is 17.0 Å². The van der Waals surface area contributed by atoms with Crippen molar-refractivity contribution in [1.82, 2.24) is 45.6 Å². The van der Waals surface area contributed by atoms with Gasteiger partial charge in [-0.3, -0.25) is 28.8 Å². The third-order valence-electron chi connectivity index (χ3n) is 22.4. The zero-order valence-electron chi connectivity index (χ0n) is 72.3. The number of aromatic nitrogens is 5. The fourth-order valence-electron chi connectivity index (χ4n) is 15.3. The number of nitrogen functional groups attached to an aromatic ring is 2. The highest BCUT2D eigenvalue weighted by Crippen LogP contribution is 2.39. The van der Waals surface area contributed by atoms with Crippen molar-refractivity contribution in [3.63, 3.8) is 0 Å². The standard InChI is InChI=1S/C86H130N12O25/c1-54-14-10-9-11-15-55(2)69(110-7)51-62-20-17-59(6)86(109,123-62)79(105)82(106)97-28-13-12-16-65(97)83(107)120-70(52-66(99)56(3)47-58(5)77(103)78(104)76(102)57(4)46-54)63(87)48-60-18-21-68(71(49-60)111-8)122-85(108)92-27-33-115-37-41-119-45-43-117-39-35-113-31-24-73(101)91-26-32-114-36-40-118-44-42-116-38-34-112-30-23-72(100)90-25-29-98-81-74(80(88)93-53-94-81)75(96-98)61-19-22-67-64(50-61)95-84(89)121-67/h9-11,14-15,19,22,47,50,53-54,56-57,59-60,62-63,65,68-71,77-78,103-104,109H,12-13,16-18,20-21,23-46,48-49,51-52,87H2,1-8H3,(H2,89,95)(H,90,100)(H,91,101)(H,92,108)(H2,88,93,94)/b11-9?,14-10+,55-15?,58-47+/t54-,56-,57-,59-,60+,62+,63-,65+,68-,69+,70+,71-,77-,78+,86-/m1/s1. The van der Waals surface area contributed by atoms with Crippen LogP contribution in [-0.2, 0) is 102 Å². The molecule has 4 aromatic rings. The van der Waals surface area contributed by atoms with Gasteiger partial charge in [0.25, 0.3) is 17.7 Å². The van der Waals surface area contributed by atoms with Crippen LogP contribution < -0.4 is 33.2 Å². The number of amides is 4. The molecule has 37 nitrogen and oxygen atoms in total. The number of piperidine rings is 1. The third-order valence-corrected chi connectivity index (χ3v) is 22.4. The Labute approximate surface area is 718 Å². The first-order valence-electron chi connectivity index (χ1n) is 42.8. The minimum absolute atomic E-state index is 0.00682. The Morgan fingerprint density at radius 1 is 0.683 bits per heavy atom. The van der Waals surface area contributed by atoms with Gasteiger partial charge in [0.2, 0.25) is 17.6 Å². The van der Waals surface area contributed by atoms with E-state index in [9.17, 15) is 53.7 Å². The number of ether oxygens (including phenoxy) is 13. The molecule has 1 aromatic carbocycles. The Morgan fingerprint density at radius 2 is 1.31 bits per heavy atom. The summed E-state index contributed by atoms with van der Waals surface area (Å²) >= 11 is 0. The maximum Gasteiger partial charge on any atom is 0.407 e. The average Bonchev–Trinajstić information content (AvgIpc) is 1.15. The van der Waals surface area contributed by atoms with Crippen LogP contribution in [0.5, 0.6) is 0 Å². The maximum atomic E-state index is 14.6. The number of nitrogens with one attached hydrogen (secondary N) is 3. The highest BCUT2D eigenvalue weighted by atomic mass is 16.6. The number of aliphatic hydroxyl groups excluding tert-OH is 2. The molecule has 123 heavy (non-hydrogen) atoms. The largest absolute Gasteiger partial charge is 0.459 e. The SMILES string of the molecule is CO[C@H]1C[C@@H]2CC[C@@H](C)[C@@](O)(O2)C(=O)C(=O)N2CCCC[C@H]2C(=O)O[C@H]([C@H](N)C[C@@H]2CC[C@@H](OC(=O)NCCOCCOCCOCCOCCC(=O)NCCOCCOCCOCCOCCC(=O)NCCn3nc(-c4ccc5oc(N)nc5c4)c4c(N)ncnc43)[C@H](OC)C2)CC(=O)[C@H](C)/C=C(\C)[C@@H](O)[C@@H](O)C(=O)[C@H](C)C[C@H](C)/C=C/C=CC=C1C. The van der Waals surface area contributed by atoms with Gasteiger partial charge in [0.05, 0.1) is 136 Å². The number of Topliss-reactive ketones (excluding diaryl/α,β-unsaturated/α-hetero) is 3. The number of benzene rings is 1. The number of cyclic esters (lactones) is 1. The molecular weight excluding hydrogens is 1600 g/mol. The second-order valence-electron chi connectivity index (χ2n) is 31.7. The number of nitrogens with zero attached hydrogens (tertiary/aromatic N) is 6. The molecular formula is C86H130N12O25. The van der Waals surface area contributed by atoms with Crippen LogP contribution in [-0.4, -0.2) is 299 Å². The number of oxazole rings is 1. The minimum Gasteiger partial charge on any atom is -0.459 e. The van der Waals surface area contributed by atoms with Crippen molar-refractivity contribution >= 4 is 81.1 Å². The number of carbonyl (C=O) groups is 8. The van der Waals surface area contributed by atoms with E-state index in [-0.39, 0.29) is 119 Å². The van der Waals surface area contributed by atoms with Gasteiger partial charge >= 0.3 is 12.1 Å². The van der Waals surface area contributed by atoms with Crippen LogP contribution in [0.15, 0.2) is 76.5 Å². The van der Waals surface area contributed by atoms with Gasteiger partial charge in [-0.1, -0.05) is 64.2 Å². The fourth-order valence-corrected chi connectivity index (χ4v) is 15.3. The fraction of sp³-hybridized carbons (Fsp3) is 0.674. The van der Waals surface area contributed by atoms with Crippen molar-refractivity contribution in [1.29, 1.82) is 0 Å². The number of allylic oxidation sites excluding steroid dienone is 6. The molecule has 0 unspecified atom stereocenters. The van der Waals surface area contributed by atoms with E-state index in [4.69, 9.17) is 88.3 Å². The van der Waals surface area contributed by atoms with Crippen molar-refractivity contribution in [3.8, 4) is 11.3 Å². The monoisotopic (exact) mass is 1730 g/mol. The molecule has 3 aromatic heterocycles. The van der Waals surface area contributed by atoms with E-state index in [1.54, 1.807) is 44.7 Å². The number of hydrogen-bond donors (Lipinski definition) is 9. The van der Waals surface area contributed by atoms with E-state index < -0.39 is 120 Å². The molecule has 4 aliphatic rings. The van der Waals surface area contributed by atoms with Crippen LogP contribution in [0.3, 0.4) is 0 Å². The maximum absolute atomic E-state index is 14.6. The zero-order valence-corrected chi connectivity index (χ0v) is 72.3. The van der Waals surface area contributed by atoms with Gasteiger partial charge in [-0.15, -0.1) is 0 Å². The number of anilines is 2. The van der Waals surface area contributed by atoms with Crippen LogP contribution in [0.25, 0.3) is 33.4 Å². The molecule has 3 aliphatic heterocycles. The molecule has 684 valence electrons. The predicted molar refractivity (Wildman–Crippen MR) is 450 cm³/mol. The summed E-state index contributed by atoms with van der Waals surface area (Å²) in [7, 11) is 3.05. The van der Waals surface area contributed by atoms with E-state index in [1.807, 2.05) is 50.3 Å². The molecule has 0 spiro atoms. The summed E-state index contributed by atoms with van der Waals surface area (Å²) < 4.78 is 81.5. The summed E-state index contributed by atoms with van der Waals surface area (Å²) in [5.74, 6) is -9.44. The van der Waals surface area contributed by atoms with Crippen LogP contribution in [0.4, 0.5) is 16.6 Å². The average molecular weight is 1730 g/mol. The van der Waals surface area contributed by atoms with E-state index >= 15 is 0 Å². The summed E-state index contributed by atoms with van der Waals surface area (Å²) in [6.45, 7) is 16.1. The second-order valence-corrected chi connectivity index (χ2v) is 31.7. The molecule has 1 aliphatic carbocycles. The molecule has 12 N–H and O–H groups in total.